The molecule has 1 aromatic carbocycles. The van der Waals surface area contributed by atoms with Crippen LogP contribution in [0.5, 0.6) is 0 Å². The molecule has 3 rings (SSSR count). The lowest BCUT2D eigenvalue weighted by atomic mass is 9.90. The van der Waals surface area contributed by atoms with Gasteiger partial charge < -0.3 is 5.32 Å². The summed E-state index contributed by atoms with van der Waals surface area (Å²) in [4.78, 5) is 18.1. The number of para-hydroxylation sites is 1. The van der Waals surface area contributed by atoms with Gasteiger partial charge in [-0.2, -0.15) is 0 Å². The summed E-state index contributed by atoms with van der Waals surface area (Å²) in [5.74, 6) is 0.0634. The number of nitrogens with zero attached hydrogens (tertiary/aromatic N) is 1. The predicted octanol–water partition coefficient (Wildman–Crippen LogP) is 3.85. The van der Waals surface area contributed by atoms with E-state index in [2.05, 4.69) is 10.3 Å². The maximum atomic E-state index is 12.4. The molecule has 1 amide bonds. The van der Waals surface area contributed by atoms with Gasteiger partial charge in [0, 0.05) is 10.8 Å². The normalized spacial score (nSPS) is 17.6. The number of nitrogens with one attached hydrogen (secondary N) is 1. The van der Waals surface area contributed by atoms with E-state index >= 15 is 0 Å². The second-order valence-corrected chi connectivity index (χ2v) is 6.71. The summed E-state index contributed by atoms with van der Waals surface area (Å²) in [6.07, 6.45) is 2.53. The molecule has 104 valence electrons. The highest BCUT2D eigenvalue weighted by molar-refractivity contribution is 7.11. The first kappa shape index (κ1) is 13.6. The first-order chi connectivity index (χ1) is 9.63. The predicted molar refractivity (Wildman–Crippen MR) is 82.4 cm³/mol. The summed E-state index contributed by atoms with van der Waals surface area (Å²) in [6, 6.07) is 7.33. The van der Waals surface area contributed by atoms with Gasteiger partial charge in [-0.15, -0.1) is 11.3 Å². The zero-order chi connectivity index (χ0) is 14.1. The van der Waals surface area contributed by atoms with E-state index < -0.39 is 0 Å². The molecule has 1 aliphatic rings. The van der Waals surface area contributed by atoms with Crippen LogP contribution in [0.4, 0.5) is 5.69 Å². The van der Waals surface area contributed by atoms with Crippen molar-refractivity contribution in [3.05, 3.63) is 44.9 Å². The summed E-state index contributed by atoms with van der Waals surface area (Å²) in [5.41, 5.74) is 1.86. The number of carbonyl (C=O) groups excluding carboxylic acids is 1. The minimum absolute atomic E-state index is 0.0126. The highest BCUT2D eigenvalue weighted by atomic mass is 35.5. The molecular formula is C15H15ClN2OS. The van der Waals surface area contributed by atoms with Crippen molar-refractivity contribution in [3.8, 4) is 0 Å². The molecule has 2 aromatic rings. The zero-order valence-corrected chi connectivity index (χ0v) is 12.7. The Balaban J connectivity index is 1.72. The van der Waals surface area contributed by atoms with Crippen LogP contribution < -0.4 is 5.32 Å². The molecule has 1 aliphatic carbocycles. The molecule has 1 atom stereocenters. The van der Waals surface area contributed by atoms with Crippen LogP contribution in [0.1, 0.15) is 22.0 Å². The summed E-state index contributed by atoms with van der Waals surface area (Å²) < 4.78 is 0. The second kappa shape index (κ2) is 5.54. The number of rotatable bonds is 2. The monoisotopic (exact) mass is 306 g/mol. The van der Waals surface area contributed by atoms with Gasteiger partial charge in [0.05, 0.1) is 21.4 Å². The second-order valence-electron chi connectivity index (χ2n) is 5.01. The van der Waals surface area contributed by atoms with Crippen LogP contribution in [-0.4, -0.2) is 10.9 Å². The standard InChI is InChI=1S/C15H15ClN2OS/c1-9-17-13-7-6-10(8-14(13)20-9)15(19)18-12-5-3-2-4-11(12)16/h2-5,10H,6-8H2,1H3,(H,18,19). The Hall–Kier alpha value is -1.39. The van der Waals surface area contributed by atoms with Crippen LogP contribution in [0.2, 0.25) is 5.02 Å². The molecular weight excluding hydrogens is 292 g/mol. The van der Waals surface area contributed by atoms with Crippen LogP contribution in [-0.2, 0) is 17.6 Å². The lowest BCUT2D eigenvalue weighted by molar-refractivity contribution is -0.120. The van der Waals surface area contributed by atoms with Gasteiger partial charge in [-0.1, -0.05) is 23.7 Å². The Kier molecular flexibility index (Phi) is 3.76. The Morgan fingerprint density at radius 1 is 1.45 bits per heavy atom. The summed E-state index contributed by atoms with van der Waals surface area (Å²) in [7, 11) is 0. The van der Waals surface area contributed by atoms with Crippen LogP contribution in [0.15, 0.2) is 24.3 Å². The quantitative estimate of drug-likeness (QED) is 0.915. The van der Waals surface area contributed by atoms with Crippen molar-refractivity contribution in [2.75, 3.05) is 5.32 Å². The zero-order valence-electron chi connectivity index (χ0n) is 11.1. The molecule has 0 spiro atoms. The maximum absolute atomic E-state index is 12.4. The molecule has 1 heterocycles. The van der Waals surface area contributed by atoms with Crippen molar-refractivity contribution in [2.24, 2.45) is 5.92 Å². The molecule has 3 nitrogen and oxygen atoms in total. The fourth-order valence-electron chi connectivity index (χ4n) is 2.53. The van der Waals surface area contributed by atoms with E-state index in [0.717, 1.165) is 24.3 Å². The third-order valence-corrected chi connectivity index (χ3v) is 4.91. The number of benzene rings is 1. The van der Waals surface area contributed by atoms with Crippen LogP contribution in [0.25, 0.3) is 0 Å². The topological polar surface area (TPSA) is 42.0 Å². The van der Waals surface area contributed by atoms with E-state index in [0.29, 0.717) is 10.7 Å². The summed E-state index contributed by atoms with van der Waals surface area (Å²) in [5, 5.41) is 4.59. The summed E-state index contributed by atoms with van der Waals surface area (Å²) in [6.45, 7) is 2.02. The fourth-order valence-corrected chi connectivity index (χ4v) is 3.77. The number of hydrogen-bond donors (Lipinski definition) is 1. The van der Waals surface area contributed by atoms with Crippen molar-refractivity contribution in [1.82, 2.24) is 4.98 Å². The Morgan fingerprint density at radius 3 is 3.05 bits per heavy atom. The van der Waals surface area contributed by atoms with Crippen molar-refractivity contribution < 1.29 is 4.79 Å². The molecule has 20 heavy (non-hydrogen) atoms. The molecule has 5 heteroatoms. The minimum Gasteiger partial charge on any atom is -0.325 e. The fraction of sp³-hybridized carbons (Fsp3) is 0.333. The lowest BCUT2D eigenvalue weighted by Gasteiger charge is -2.20. The van der Waals surface area contributed by atoms with Crippen molar-refractivity contribution >= 4 is 34.5 Å². The lowest BCUT2D eigenvalue weighted by Crippen LogP contribution is -2.27. The molecule has 0 fully saturated rings. The van der Waals surface area contributed by atoms with E-state index in [1.54, 1.807) is 17.4 Å². The molecule has 0 saturated heterocycles. The van der Waals surface area contributed by atoms with Gasteiger partial charge in [-0.3, -0.25) is 4.79 Å². The van der Waals surface area contributed by atoms with Crippen molar-refractivity contribution in [2.45, 2.75) is 26.2 Å². The van der Waals surface area contributed by atoms with E-state index in [4.69, 9.17) is 11.6 Å². The highest BCUT2D eigenvalue weighted by Gasteiger charge is 2.27. The van der Waals surface area contributed by atoms with Gasteiger partial charge in [-0.05, 0) is 38.3 Å². The molecule has 1 unspecified atom stereocenters. The average Bonchev–Trinajstić information content (AvgIpc) is 2.80. The number of anilines is 1. The van der Waals surface area contributed by atoms with Crippen LogP contribution in [0, 0.1) is 12.8 Å². The van der Waals surface area contributed by atoms with E-state index in [9.17, 15) is 4.79 Å². The Labute approximate surface area is 127 Å². The minimum atomic E-state index is 0.0126. The molecule has 1 aromatic heterocycles. The number of thiazole rings is 1. The number of hydrogen-bond acceptors (Lipinski definition) is 3. The molecule has 0 saturated carbocycles. The van der Waals surface area contributed by atoms with Gasteiger partial charge in [0.2, 0.25) is 5.91 Å². The molecule has 0 aliphatic heterocycles. The van der Waals surface area contributed by atoms with Crippen LogP contribution >= 0.6 is 22.9 Å². The van der Waals surface area contributed by atoms with Gasteiger partial charge in [0.1, 0.15) is 0 Å². The van der Waals surface area contributed by atoms with Gasteiger partial charge in [0.25, 0.3) is 0 Å². The number of carbonyl (C=O) groups is 1. The van der Waals surface area contributed by atoms with Gasteiger partial charge in [-0.25, -0.2) is 4.98 Å². The molecule has 0 bridgehead atoms. The Morgan fingerprint density at radius 2 is 2.25 bits per heavy atom. The molecule has 0 radical (unpaired) electrons. The summed E-state index contributed by atoms with van der Waals surface area (Å²) >= 11 is 7.77. The number of fused-ring (bicyclic) bond motifs is 1. The van der Waals surface area contributed by atoms with E-state index in [1.807, 2.05) is 25.1 Å². The first-order valence-electron chi connectivity index (χ1n) is 6.64. The van der Waals surface area contributed by atoms with Crippen LogP contribution in [0.3, 0.4) is 0 Å². The maximum Gasteiger partial charge on any atom is 0.227 e. The third kappa shape index (κ3) is 2.72. The van der Waals surface area contributed by atoms with E-state index in [1.165, 1.54) is 10.6 Å². The Bertz CT molecular complexity index is 653. The van der Waals surface area contributed by atoms with E-state index in [-0.39, 0.29) is 11.8 Å². The largest absolute Gasteiger partial charge is 0.325 e. The SMILES string of the molecule is Cc1nc2c(s1)CC(C(=O)Nc1ccccc1Cl)CC2. The van der Waals surface area contributed by atoms with Crippen molar-refractivity contribution in [3.63, 3.8) is 0 Å². The first-order valence-corrected chi connectivity index (χ1v) is 7.83. The van der Waals surface area contributed by atoms with Crippen molar-refractivity contribution in [1.29, 1.82) is 0 Å². The third-order valence-electron chi connectivity index (χ3n) is 3.55. The number of aryl methyl sites for hydroxylation is 2. The number of aromatic nitrogens is 1. The number of halogens is 1. The van der Waals surface area contributed by atoms with Gasteiger partial charge in [0.15, 0.2) is 0 Å². The highest BCUT2D eigenvalue weighted by Crippen LogP contribution is 2.31. The molecule has 1 N–H and O–H groups in total. The smallest absolute Gasteiger partial charge is 0.227 e. The number of amides is 1. The van der Waals surface area contributed by atoms with Gasteiger partial charge >= 0.3 is 0 Å². The average molecular weight is 307 g/mol.